The summed E-state index contributed by atoms with van der Waals surface area (Å²) in [6, 6.07) is 19.6. The molecule has 3 heterocycles. The molecular weight excluding hydrogens is 475 g/mol. The molecule has 0 saturated heterocycles. The number of benzene rings is 2. The van der Waals surface area contributed by atoms with E-state index in [0.29, 0.717) is 38.6 Å². The number of ether oxygens (including phenoxy) is 1. The molecule has 0 aliphatic heterocycles. The summed E-state index contributed by atoms with van der Waals surface area (Å²) in [5, 5.41) is 16.8. The number of amides is 1. The Morgan fingerprint density at radius 1 is 0.941 bits per heavy atom. The average molecular weight is 491 g/mol. The highest BCUT2D eigenvalue weighted by Crippen LogP contribution is 2.27. The van der Waals surface area contributed by atoms with Crippen molar-refractivity contribution in [2.75, 3.05) is 11.9 Å². The summed E-state index contributed by atoms with van der Waals surface area (Å²) in [6.45, 7) is -0.203. The predicted molar refractivity (Wildman–Crippen MR) is 130 cm³/mol. The van der Waals surface area contributed by atoms with Crippen molar-refractivity contribution in [1.82, 2.24) is 24.8 Å². The normalized spacial score (nSPS) is 10.9. The summed E-state index contributed by atoms with van der Waals surface area (Å²) in [6.07, 6.45) is 3.38. The molecule has 0 fully saturated rings. The van der Waals surface area contributed by atoms with E-state index in [2.05, 4.69) is 20.5 Å². The second-order valence-corrected chi connectivity index (χ2v) is 8.08. The van der Waals surface area contributed by atoms with Gasteiger partial charge in [0.15, 0.2) is 18.1 Å². The fourth-order valence-electron chi connectivity index (χ4n) is 3.31. The van der Waals surface area contributed by atoms with Crippen molar-refractivity contribution >= 4 is 40.4 Å². The van der Waals surface area contributed by atoms with E-state index in [0.717, 1.165) is 11.1 Å². The molecule has 1 amide bonds. The largest absolute Gasteiger partial charge is 0.482 e. The average Bonchev–Trinajstić information content (AvgIpc) is 3.27. The van der Waals surface area contributed by atoms with Crippen LogP contribution in [-0.2, 0) is 4.79 Å². The lowest BCUT2D eigenvalue weighted by Gasteiger charge is -2.10. The first-order valence-electron chi connectivity index (χ1n) is 10.2. The molecule has 5 rings (SSSR count). The van der Waals surface area contributed by atoms with Gasteiger partial charge >= 0.3 is 0 Å². The Morgan fingerprint density at radius 2 is 1.79 bits per heavy atom. The van der Waals surface area contributed by atoms with Gasteiger partial charge in [-0.25, -0.2) is 0 Å². The Labute approximate surface area is 204 Å². The van der Waals surface area contributed by atoms with Crippen molar-refractivity contribution in [3.05, 3.63) is 89.2 Å². The van der Waals surface area contributed by atoms with Gasteiger partial charge in [-0.05, 0) is 54.6 Å². The molecule has 3 aromatic heterocycles. The summed E-state index contributed by atoms with van der Waals surface area (Å²) in [5.74, 6) is 0.665. The van der Waals surface area contributed by atoms with Crippen LogP contribution in [0.25, 0.3) is 28.3 Å². The van der Waals surface area contributed by atoms with E-state index in [1.807, 2.05) is 42.5 Å². The van der Waals surface area contributed by atoms with Crippen molar-refractivity contribution in [1.29, 1.82) is 0 Å². The van der Waals surface area contributed by atoms with Crippen LogP contribution in [0.5, 0.6) is 5.75 Å². The quantitative estimate of drug-likeness (QED) is 0.352. The maximum Gasteiger partial charge on any atom is 0.262 e. The van der Waals surface area contributed by atoms with E-state index in [9.17, 15) is 4.79 Å². The third-order valence-electron chi connectivity index (χ3n) is 4.90. The number of fused-ring (bicyclic) bond motifs is 1. The van der Waals surface area contributed by atoms with Crippen molar-refractivity contribution in [3.8, 4) is 28.4 Å². The van der Waals surface area contributed by atoms with E-state index in [1.54, 1.807) is 41.2 Å². The van der Waals surface area contributed by atoms with Gasteiger partial charge in [0.05, 0.1) is 10.7 Å². The van der Waals surface area contributed by atoms with Gasteiger partial charge < -0.3 is 10.1 Å². The van der Waals surface area contributed by atoms with Crippen molar-refractivity contribution in [2.45, 2.75) is 0 Å². The second kappa shape index (κ2) is 9.46. The Balaban J connectivity index is 1.34. The number of pyridine rings is 1. The maximum absolute atomic E-state index is 12.4. The van der Waals surface area contributed by atoms with Gasteiger partial charge in [-0.1, -0.05) is 35.3 Å². The number of hydrogen-bond donors (Lipinski definition) is 1. The molecule has 1 N–H and O–H groups in total. The lowest BCUT2D eigenvalue weighted by molar-refractivity contribution is -0.118. The summed E-state index contributed by atoms with van der Waals surface area (Å²) in [5.41, 5.74) is 3.60. The van der Waals surface area contributed by atoms with E-state index in [-0.39, 0.29) is 12.5 Å². The molecule has 0 aliphatic rings. The molecule has 0 saturated carbocycles. The van der Waals surface area contributed by atoms with Crippen LogP contribution in [0.1, 0.15) is 0 Å². The zero-order chi connectivity index (χ0) is 23.5. The molecular formula is C24H16Cl2N6O2. The first kappa shape index (κ1) is 21.8. The van der Waals surface area contributed by atoms with Gasteiger partial charge in [0, 0.05) is 34.2 Å². The minimum atomic E-state index is -0.328. The van der Waals surface area contributed by atoms with E-state index >= 15 is 0 Å². The molecule has 2 aromatic carbocycles. The van der Waals surface area contributed by atoms with E-state index < -0.39 is 0 Å². The zero-order valence-corrected chi connectivity index (χ0v) is 19.0. The number of carbonyl (C=O) groups is 1. The van der Waals surface area contributed by atoms with Crippen molar-refractivity contribution < 1.29 is 9.53 Å². The first-order valence-corrected chi connectivity index (χ1v) is 10.9. The highest BCUT2D eigenvalue weighted by atomic mass is 35.5. The Kier molecular flexibility index (Phi) is 6.07. The molecule has 168 valence electrons. The number of nitrogens with zero attached hydrogens (tertiary/aromatic N) is 5. The molecule has 0 aliphatic carbocycles. The molecule has 8 nitrogen and oxygen atoms in total. The van der Waals surface area contributed by atoms with E-state index in [4.69, 9.17) is 33.0 Å². The van der Waals surface area contributed by atoms with Crippen molar-refractivity contribution in [2.24, 2.45) is 0 Å². The highest BCUT2D eigenvalue weighted by molar-refractivity contribution is 6.35. The Bertz CT molecular complexity index is 1490. The van der Waals surface area contributed by atoms with Crippen LogP contribution < -0.4 is 10.1 Å². The van der Waals surface area contributed by atoms with Gasteiger partial charge in [0.25, 0.3) is 5.91 Å². The summed E-state index contributed by atoms with van der Waals surface area (Å²) >= 11 is 12.0. The highest BCUT2D eigenvalue weighted by Gasteiger charge is 2.12. The van der Waals surface area contributed by atoms with Crippen LogP contribution in [0, 0.1) is 0 Å². The summed E-state index contributed by atoms with van der Waals surface area (Å²) in [4.78, 5) is 16.4. The van der Waals surface area contributed by atoms with Crippen LogP contribution in [0.3, 0.4) is 0 Å². The number of anilines is 1. The van der Waals surface area contributed by atoms with Crippen molar-refractivity contribution in [3.63, 3.8) is 0 Å². The molecule has 0 atom stereocenters. The topological polar surface area (TPSA) is 94.3 Å². The number of aromatic nitrogens is 5. The van der Waals surface area contributed by atoms with Gasteiger partial charge in [-0.3, -0.25) is 9.78 Å². The molecule has 0 radical (unpaired) electrons. The minimum absolute atomic E-state index is 0.203. The van der Waals surface area contributed by atoms with Crippen LogP contribution in [0.15, 0.2) is 79.1 Å². The van der Waals surface area contributed by atoms with Crippen LogP contribution in [0.2, 0.25) is 10.0 Å². The predicted octanol–water partition coefficient (Wildman–Crippen LogP) is 5.18. The molecule has 5 aromatic rings. The van der Waals surface area contributed by atoms with Gasteiger partial charge in [0.2, 0.25) is 0 Å². The molecule has 0 unspecified atom stereocenters. The fraction of sp³-hybridized carbons (Fsp3) is 0.0417. The summed E-state index contributed by atoms with van der Waals surface area (Å²) in [7, 11) is 0. The number of rotatable bonds is 6. The summed E-state index contributed by atoms with van der Waals surface area (Å²) < 4.78 is 7.18. The standard InChI is InChI=1S/C24H16Cl2N6O2/c25-17-4-6-21(19(26)13-17)34-14-23(33)28-18-3-1-2-16(12-18)20-5-7-22-29-30-24(32(22)31-20)15-8-10-27-11-9-15/h1-13H,14H2,(H,28,33). The SMILES string of the molecule is O=C(COc1ccc(Cl)cc1Cl)Nc1cccc(-c2ccc3nnc(-c4ccncc4)n3n2)c1. The molecule has 0 spiro atoms. The van der Waals surface area contributed by atoms with Gasteiger partial charge in [-0.15, -0.1) is 10.2 Å². The number of nitrogens with one attached hydrogen (secondary N) is 1. The Morgan fingerprint density at radius 3 is 2.62 bits per heavy atom. The smallest absolute Gasteiger partial charge is 0.262 e. The first-order chi connectivity index (χ1) is 16.6. The van der Waals surface area contributed by atoms with E-state index in [1.165, 1.54) is 0 Å². The molecule has 0 bridgehead atoms. The number of carbonyl (C=O) groups excluding carboxylic acids is 1. The second-order valence-electron chi connectivity index (χ2n) is 7.24. The number of hydrogen-bond acceptors (Lipinski definition) is 6. The van der Waals surface area contributed by atoms with Gasteiger partial charge in [0.1, 0.15) is 5.75 Å². The number of halogens is 2. The molecule has 10 heteroatoms. The maximum atomic E-state index is 12.4. The third kappa shape index (κ3) is 4.68. The van der Waals surface area contributed by atoms with Crippen LogP contribution in [0.4, 0.5) is 5.69 Å². The van der Waals surface area contributed by atoms with Crippen LogP contribution in [-0.4, -0.2) is 37.3 Å². The minimum Gasteiger partial charge on any atom is -0.482 e. The van der Waals surface area contributed by atoms with Crippen LogP contribution >= 0.6 is 23.2 Å². The monoisotopic (exact) mass is 490 g/mol. The fourth-order valence-corrected chi connectivity index (χ4v) is 3.78. The zero-order valence-electron chi connectivity index (χ0n) is 17.5. The Hall–Kier alpha value is -4.01. The lowest BCUT2D eigenvalue weighted by atomic mass is 10.1. The van der Waals surface area contributed by atoms with Gasteiger partial charge in [-0.2, -0.15) is 9.61 Å². The molecule has 34 heavy (non-hydrogen) atoms. The lowest BCUT2D eigenvalue weighted by Crippen LogP contribution is -2.20. The third-order valence-corrected chi connectivity index (χ3v) is 5.43.